The van der Waals surface area contributed by atoms with Crippen molar-refractivity contribution in [2.75, 3.05) is 19.8 Å². The molecule has 29 heavy (non-hydrogen) atoms. The molecular weight excluding hydrogens is 402 g/mol. The van der Waals surface area contributed by atoms with Gasteiger partial charge in [-0.15, -0.1) is 0 Å². The average molecular weight is 451 g/mol. The van der Waals surface area contributed by atoms with E-state index in [2.05, 4.69) is 20.8 Å². The second-order valence-electron chi connectivity index (χ2n) is 7.80. The largest absolute Gasteiger partial charge is 0.906 e. The van der Waals surface area contributed by atoms with Gasteiger partial charge in [0.05, 0.1) is 0 Å². The summed E-state index contributed by atoms with van der Waals surface area (Å²) in [5.41, 5.74) is 0. The molecule has 0 aromatic heterocycles. The smallest absolute Gasteiger partial charge is 0.454 e. The van der Waals surface area contributed by atoms with Crippen molar-refractivity contribution < 1.29 is 22.7 Å². The van der Waals surface area contributed by atoms with Crippen molar-refractivity contribution in [1.82, 2.24) is 0 Å². The Labute approximate surface area is 191 Å². The third-order valence-electron chi connectivity index (χ3n) is 3.41. The molecule has 0 amide bonds. The molecule has 0 rings (SSSR count). The zero-order chi connectivity index (χ0) is 22.5. The van der Waals surface area contributed by atoms with Gasteiger partial charge in [-0.05, 0) is 60.8 Å². The highest BCUT2D eigenvalue weighted by Gasteiger charge is 2.34. The molecule has 0 spiro atoms. The molecular formula is C21H48Al2O6. The van der Waals surface area contributed by atoms with Crippen LogP contribution in [0.1, 0.15) is 101 Å². The normalized spacial score (nSPS) is 11.2. The minimum Gasteiger partial charge on any atom is -0.454 e. The van der Waals surface area contributed by atoms with Gasteiger partial charge in [0.1, 0.15) is 0 Å². The van der Waals surface area contributed by atoms with Crippen molar-refractivity contribution in [3.05, 3.63) is 0 Å². The lowest BCUT2D eigenvalue weighted by Crippen LogP contribution is -2.34. The second-order valence-corrected chi connectivity index (χ2v) is 10.8. The molecule has 0 heterocycles. The maximum Gasteiger partial charge on any atom is 0.906 e. The van der Waals surface area contributed by atoms with E-state index in [1.807, 2.05) is 41.5 Å². The first kappa shape index (κ1) is 32.0. The molecule has 8 heteroatoms. The van der Waals surface area contributed by atoms with Crippen molar-refractivity contribution in [1.29, 1.82) is 0 Å². The van der Waals surface area contributed by atoms with Gasteiger partial charge >= 0.3 is 30.3 Å². The van der Waals surface area contributed by atoms with Crippen LogP contribution in [0.5, 0.6) is 0 Å². The van der Waals surface area contributed by atoms with Gasteiger partial charge in [-0.3, -0.25) is 0 Å². The standard InChI is InChI=1S/3C4H9O.3C3H7O.2Al/c3*1-2-3-4-5;3*1-3(2)4;;/h3*2-4H2,1H3;3*3H,1-2H3;;/q6*-1;2*+3. The Morgan fingerprint density at radius 2 is 0.759 bits per heavy atom. The van der Waals surface area contributed by atoms with Crippen LogP contribution in [0.25, 0.3) is 0 Å². The van der Waals surface area contributed by atoms with Crippen LogP contribution in [0.15, 0.2) is 0 Å². The third kappa shape index (κ3) is 26.8. The van der Waals surface area contributed by atoms with Gasteiger partial charge in [0, 0.05) is 38.1 Å². The second kappa shape index (κ2) is 23.5. The summed E-state index contributed by atoms with van der Waals surface area (Å²) < 4.78 is 33.7. The van der Waals surface area contributed by atoms with Gasteiger partial charge in [-0.2, -0.15) is 0 Å². The van der Waals surface area contributed by atoms with Crippen LogP contribution >= 0.6 is 0 Å². The van der Waals surface area contributed by atoms with Crippen LogP contribution in [0.4, 0.5) is 0 Å². The van der Waals surface area contributed by atoms with Crippen LogP contribution in [-0.2, 0) is 22.7 Å². The highest BCUT2D eigenvalue weighted by molar-refractivity contribution is 6.36. The van der Waals surface area contributed by atoms with E-state index in [4.69, 9.17) is 22.7 Å². The lowest BCUT2D eigenvalue weighted by molar-refractivity contribution is 0.0335. The van der Waals surface area contributed by atoms with Crippen LogP contribution in [0.2, 0.25) is 0 Å². The van der Waals surface area contributed by atoms with Gasteiger partial charge in [-0.1, -0.05) is 40.0 Å². The Morgan fingerprint density at radius 3 is 0.966 bits per heavy atom. The highest BCUT2D eigenvalue weighted by atomic mass is 27.3. The molecule has 0 atom stereocenters. The summed E-state index contributed by atoms with van der Waals surface area (Å²) in [7, 11) is 0. The molecule has 0 aliphatic rings. The molecule has 0 saturated heterocycles. The Kier molecular flexibility index (Phi) is 25.9. The van der Waals surface area contributed by atoms with Crippen LogP contribution in [0.3, 0.4) is 0 Å². The lowest BCUT2D eigenvalue weighted by atomic mass is 10.4. The number of hydrogen-bond donors (Lipinski definition) is 0. The fourth-order valence-corrected chi connectivity index (χ4v) is 4.77. The van der Waals surface area contributed by atoms with Crippen LogP contribution < -0.4 is 0 Å². The molecule has 0 N–H and O–H groups in total. The maximum absolute atomic E-state index is 5.67. The quantitative estimate of drug-likeness (QED) is 0.198. The lowest BCUT2D eigenvalue weighted by Gasteiger charge is -2.19. The Balaban J connectivity index is 0. The first-order valence-electron chi connectivity index (χ1n) is 11.6. The topological polar surface area (TPSA) is 55.4 Å². The minimum atomic E-state index is -1.91. The van der Waals surface area contributed by atoms with Gasteiger partial charge in [0.2, 0.25) is 0 Å². The molecule has 174 valence electrons. The molecule has 0 bridgehead atoms. The van der Waals surface area contributed by atoms with Crippen molar-refractivity contribution in [2.24, 2.45) is 0 Å². The molecule has 6 nitrogen and oxygen atoms in total. The van der Waals surface area contributed by atoms with Crippen molar-refractivity contribution in [2.45, 2.75) is 119 Å². The number of unbranched alkanes of at least 4 members (excludes halogenated alkanes) is 3. The summed E-state index contributed by atoms with van der Waals surface area (Å²) in [5, 5.41) is 0. The fraction of sp³-hybridized carbons (Fsp3) is 1.00. The van der Waals surface area contributed by atoms with Gasteiger partial charge in [0.15, 0.2) is 0 Å². The van der Waals surface area contributed by atoms with E-state index in [0.717, 1.165) is 58.3 Å². The predicted molar refractivity (Wildman–Crippen MR) is 123 cm³/mol. The molecule has 0 radical (unpaired) electrons. The zero-order valence-corrected chi connectivity index (χ0v) is 23.0. The van der Waals surface area contributed by atoms with E-state index in [9.17, 15) is 0 Å². The van der Waals surface area contributed by atoms with Crippen molar-refractivity contribution in [3.63, 3.8) is 0 Å². The van der Waals surface area contributed by atoms with Gasteiger partial charge in [-0.25, -0.2) is 0 Å². The van der Waals surface area contributed by atoms with E-state index in [-0.39, 0.29) is 18.3 Å². The summed E-state index contributed by atoms with van der Waals surface area (Å²) >= 11 is -3.74. The van der Waals surface area contributed by atoms with E-state index < -0.39 is 30.3 Å². The summed E-state index contributed by atoms with van der Waals surface area (Å²) in [5.74, 6) is 0. The highest BCUT2D eigenvalue weighted by Crippen LogP contribution is 2.04. The minimum absolute atomic E-state index is 0.175. The van der Waals surface area contributed by atoms with Gasteiger partial charge in [0.25, 0.3) is 0 Å². The van der Waals surface area contributed by atoms with Crippen LogP contribution in [-0.4, -0.2) is 68.4 Å². The summed E-state index contributed by atoms with van der Waals surface area (Å²) in [6.07, 6.45) is 7.28. The van der Waals surface area contributed by atoms with Crippen LogP contribution in [0, 0.1) is 0 Å². The Bertz CT molecular complexity index is 272. The first-order chi connectivity index (χ1) is 13.8. The van der Waals surface area contributed by atoms with E-state index in [1.165, 1.54) is 0 Å². The molecule has 0 fully saturated rings. The summed E-state index contributed by atoms with van der Waals surface area (Å²) in [6, 6.07) is 0. The molecule has 0 aromatic carbocycles. The third-order valence-corrected chi connectivity index (χ3v) is 7.23. The zero-order valence-electron chi connectivity index (χ0n) is 20.7. The van der Waals surface area contributed by atoms with E-state index in [0.29, 0.717) is 0 Å². The van der Waals surface area contributed by atoms with E-state index in [1.54, 1.807) is 0 Å². The summed E-state index contributed by atoms with van der Waals surface area (Å²) in [4.78, 5) is 0. The average Bonchev–Trinajstić information content (AvgIpc) is 2.60. The molecule has 0 saturated carbocycles. The van der Waals surface area contributed by atoms with Crippen molar-refractivity contribution >= 4 is 30.3 Å². The number of hydrogen-bond acceptors (Lipinski definition) is 6. The fourth-order valence-electron chi connectivity index (χ4n) is 1.88. The Hall–Kier alpha value is 0.825. The predicted octanol–water partition coefficient (Wildman–Crippen LogP) is 5.67. The monoisotopic (exact) mass is 450 g/mol. The molecule has 0 aromatic rings. The van der Waals surface area contributed by atoms with E-state index >= 15 is 0 Å². The maximum atomic E-state index is 5.67. The number of rotatable bonds is 18. The molecule has 0 aliphatic heterocycles. The SMILES string of the molecule is CC(C)[O][Al]([O]C(C)C)[O]C(C)C.CCCC[O][Al]([O]CCCC)[O]CCCC. The molecule has 0 unspecified atom stereocenters. The van der Waals surface area contributed by atoms with Crippen molar-refractivity contribution in [3.8, 4) is 0 Å². The summed E-state index contributed by atoms with van der Waals surface area (Å²) in [6.45, 7) is 20.8. The Morgan fingerprint density at radius 1 is 0.483 bits per heavy atom. The first-order valence-corrected chi connectivity index (χ1v) is 14.4. The van der Waals surface area contributed by atoms with Gasteiger partial charge < -0.3 is 22.7 Å². The molecule has 0 aliphatic carbocycles.